The summed E-state index contributed by atoms with van der Waals surface area (Å²) in [6, 6.07) is -1.26. The number of H-pyrrole nitrogens is 1. The summed E-state index contributed by atoms with van der Waals surface area (Å²) in [5.74, 6) is -0.936. The van der Waals surface area contributed by atoms with E-state index in [1.807, 2.05) is 6.92 Å². The lowest BCUT2D eigenvalue weighted by atomic mass is 9.84. The average molecular weight is 294 g/mol. The maximum absolute atomic E-state index is 11.9. The maximum Gasteiger partial charge on any atom is 0.326 e. The Morgan fingerprint density at radius 1 is 1.43 bits per heavy atom. The minimum atomic E-state index is -0.962. The first-order valence-corrected chi connectivity index (χ1v) is 7.34. The predicted octanol–water partition coefficient (Wildman–Crippen LogP) is 1.55. The Morgan fingerprint density at radius 3 is 2.71 bits per heavy atom. The van der Waals surface area contributed by atoms with E-state index in [-0.39, 0.29) is 5.92 Å². The second-order valence-electron chi connectivity index (χ2n) is 5.56. The third-order valence-corrected chi connectivity index (χ3v) is 4.05. The number of hydrogen-bond acceptors (Lipinski definition) is 3. The van der Waals surface area contributed by atoms with Crippen molar-refractivity contribution in [2.75, 3.05) is 0 Å². The summed E-state index contributed by atoms with van der Waals surface area (Å²) in [6.07, 6.45) is 6.58. The zero-order valence-corrected chi connectivity index (χ0v) is 12.2. The summed E-state index contributed by atoms with van der Waals surface area (Å²) in [5, 5.41) is 21.2. The standard InChI is InChI=1S/C14H22N4O3/c1-9-11(8-16-18-9)7-15-14(21)17-12(13(19)20)10-5-3-2-4-6-10/h8,10,12H,2-7H2,1H3,(H,16,18)(H,19,20)(H2,15,17,21). The molecule has 1 aromatic heterocycles. The number of aryl methyl sites for hydroxylation is 1. The molecule has 1 aliphatic carbocycles. The van der Waals surface area contributed by atoms with Crippen molar-refractivity contribution in [3.63, 3.8) is 0 Å². The van der Waals surface area contributed by atoms with Gasteiger partial charge >= 0.3 is 12.0 Å². The molecule has 2 rings (SSSR count). The topological polar surface area (TPSA) is 107 Å². The van der Waals surface area contributed by atoms with Crippen molar-refractivity contribution in [3.8, 4) is 0 Å². The lowest BCUT2D eigenvalue weighted by Crippen LogP contribution is -2.50. The molecule has 0 aliphatic heterocycles. The second kappa shape index (κ2) is 7.10. The van der Waals surface area contributed by atoms with Gasteiger partial charge in [-0.15, -0.1) is 0 Å². The third-order valence-electron chi connectivity index (χ3n) is 4.05. The number of urea groups is 1. The van der Waals surface area contributed by atoms with Crippen molar-refractivity contribution >= 4 is 12.0 Å². The van der Waals surface area contributed by atoms with E-state index in [0.29, 0.717) is 6.54 Å². The molecule has 7 nitrogen and oxygen atoms in total. The van der Waals surface area contributed by atoms with Gasteiger partial charge in [-0.05, 0) is 25.7 Å². The average Bonchev–Trinajstić information content (AvgIpc) is 2.88. The number of aromatic nitrogens is 2. The Balaban J connectivity index is 1.86. The van der Waals surface area contributed by atoms with Crippen LogP contribution in [0.4, 0.5) is 4.79 Å². The number of carboxylic acid groups (broad SMARTS) is 1. The normalized spacial score (nSPS) is 17.2. The van der Waals surface area contributed by atoms with E-state index >= 15 is 0 Å². The van der Waals surface area contributed by atoms with Gasteiger partial charge in [0.15, 0.2) is 0 Å². The van der Waals surface area contributed by atoms with E-state index in [4.69, 9.17) is 0 Å². The van der Waals surface area contributed by atoms with Crippen LogP contribution in [0.2, 0.25) is 0 Å². The summed E-state index contributed by atoms with van der Waals surface area (Å²) in [6.45, 7) is 2.19. The number of hydrogen-bond donors (Lipinski definition) is 4. The molecule has 1 fully saturated rings. The largest absolute Gasteiger partial charge is 0.480 e. The summed E-state index contributed by atoms with van der Waals surface area (Å²) in [5.41, 5.74) is 1.77. The first-order chi connectivity index (χ1) is 10.1. The molecule has 116 valence electrons. The van der Waals surface area contributed by atoms with Crippen molar-refractivity contribution in [1.29, 1.82) is 0 Å². The molecular formula is C14H22N4O3. The Morgan fingerprint density at radius 2 is 2.14 bits per heavy atom. The Hall–Kier alpha value is -2.05. The van der Waals surface area contributed by atoms with Crippen molar-refractivity contribution < 1.29 is 14.7 Å². The quantitative estimate of drug-likeness (QED) is 0.661. The highest BCUT2D eigenvalue weighted by atomic mass is 16.4. The number of carbonyl (C=O) groups is 2. The fourth-order valence-electron chi connectivity index (χ4n) is 2.77. The van der Waals surface area contributed by atoms with Crippen molar-refractivity contribution in [3.05, 3.63) is 17.5 Å². The number of nitrogens with one attached hydrogen (secondary N) is 3. The fourth-order valence-corrected chi connectivity index (χ4v) is 2.77. The van der Waals surface area contributed by atoms with Crippen LogP contribution in [-0.2, 0) is 11.3 Å². The van der Waals surface area contributed by atoms with Crippen molar-refractivity contribution in [1.82, 2.24) is 20.8 Å². The van der Waals surface area contributed by atoms with Crippen molar-refractivity contribution in [2.45, 2.75) is 51.6 Å². The van der Waals surface area contributed by atoms with Crippen LogP contribution in [0.15, 0.2) is 6.20 Å². The molecule has 0 aromatic carbocycles. The summed E-state index contributed by atoms with van der Waals surface area (Å²) >= 11 is 0. The van der Waals surface area contributed by atoms with Crippen LogP contribution in [0.5, 0.6) is 0 Å². The van der Waals surface area contributed by atoms with E-state index in [1.165, 1.54) is 0 Å². The van der Waals surface area contributed by atoms with Crippen LogP contribution in [0, 0.1) is 12.8 Å². The molecule has 0 bridgehead atoms. The third kappa shape index (κ3) is 4.21. The van der Waals surface area contributed by atoms with E-state index in [0.717, 1.165) is 43.4 Å². The zero-order chi connectivity index (χ0) is 15.2. The summed E-state index contributed by atoms with van der Waals surface area (Å²) < 4.78 is 0. The summed E-state index contributed by atoms with van der Waals surface area (Å²) in [4.78, 5) is 23.3. The SMILES string of the molecule is Cc1[nH]ncc1CNC(=O)NC(C(=O)O)C1CCCCC1. The first-order valence-electron chi connectivity index (χ1n) is 7.34. The van der Waals surface area contributed by atoms with E-state index in [9.17, 15) is 14.7 Å². The lowest BCUT2D eigenvalue weighted by Gasteiger charge is -2.28. The summed E-state index contributed by atoms with van der Waals surface area (Å²) in [7, 11) is 0. The minimum absolute atomic E-state index is 0.0256. The number of rotatable bonds is 5. The van der Waals surface area contributed by atoms with Gasteiger partial charge in [-0.2, -0.15) is 5.10 Å². The van der Waals surface area contributed by atoms with E-state index in [1.54, 1.807) is 6.20 Å². The van der Waals surface area contributed by atoms with Gasteiger partial charge in [0.1, 0.15) is 6.04 Å². The molecule has 1 heterocycles. The van der Waals surface area contributed by atoms with Crippen LogP contribution in [0.1, 0.15) is 43.4 Å². The number of aromatic amines is 1. The molecule has 0 radical (unpaired) electrons. The highest BCUT2D eigenvalue weighted by Gasteiger charge is 2.30. The van der Waals surface area contributed by atoms with Gasteiger partial charge in [0.2, 0.25) is 0 Å². The minimum Gasteiger partial charge on any atom is -0.480 e. The van der Waals surface area contributed by atoms with Crippen LogP contribution in [0.25, 0.3) is 0 Å². The van der Waals surface area contributed by atoms with Gasteiger partial charge in [0.25, 0.3) is 0 Å². The number of carbonyl (C=O) groups excluding carboxylic acids is 1. The van der Waals surface area contributed by atoms with E-state index in [2.05, 4.69) is 20.8 Å². The van der Waals surface area contributed by atoms with Crippen molar-refractivity contribution in [2.24, 2.45) is 5.92 Å². The number of aliphatic carboxylic acids is 1. The van der Waals surface area contributed by atoms with Crippen LogP contribution < -0.4 is 10.6 Å². The first kappa shape index (κ1) is 15.3. The Kier molecular flexibility index (Phi) is 5.19. The monoisotopic (exact) mass is 294 g/mol. The van der Waals surface area contributed by atoms with Crippen LogP contribution in [-0.4, -0.2) is 33.3 Å². The molecule has 1 atom stereocenters. The highest BCUT2D eigenvalue weighted by molar-refractivity contribution is 5.82. The van der Waals surface area contributed by atoms with Gasteiger partial charge in [-0.25, -0.2) is 9.59 Å². The van der Waals surface area contributed by atoms with Gasteiger partial charge in [0.05, 0.1) is 6.20 Å². The number of amides is 2. The molecule has 0 saturated heterocycles. The molecule has 4 N–H and O–H groups in total. The number of carboxylic acids is 1. The van der Waals surface area contributed by atoms with Gasteiger partial charge < -0.3 is 15.7 Å². The maximum atomic E-state index is 11.9. The zero-order valence-electron chi connectivity index (χ0n) is 12.2. The molecule has 0 spiro atoms. The second-order valence-corrected chi connectivity index (χ2v) is 5.56. The van der Waals surface area contributed by atoms with Gasteiger partial charge in [-0.1, -0.05) is 19.3 Å². The Bertz CT molecular complexity index is 494. The van der Waals surface area contributed by atoms with Gasteiger partial charge in [0, 0.05) is 17.8 Å². The molecule has 1 aromatic rings. The molecule has 2 amide bonds. The van der Waals surface area contributed by atoms with Gasteiger partial charge in [-0.3, -0.25) is 5.10 Å². The molecular weight excluding hydrogens is 272 g/mol. The molecule has 21 heavy (non-hydrogen) atoms. The van der Waals surface area contributed by atoms with Crippen LogP contribution >= 0.6 is 0 Å². The smallest absolute Gasteiger partial charge is 0.326 e. The Labute approximate surface area is 123 Å². The van der Waals surface area contributed by atoms with E-state index < -0.39 is 18.0 Å². The fraction of sp³-hybridized carbons (Fsp3) is 0.643. The molecule has 7 heteroatoms. The lowest BCUT2D eigenvalue weighted by molar-refractivity contribution is -0.141. The van der Waals surface area contributed by atoms with Crippen LogP contribution in [0.3, 0.4) is 0 Å². The predicted molar refractivity (Wildman–Crippen MR) is 76.7 cm³/mol. The number of nitrogens with zero attached hydrogens (tertiary/aromatic N) is 1. The molecule has 1 saturated carbocycles. The molecule has 1 aliphatic rings. The molecule has 1 unspecified atom stereocenters. The highest BCUT2D eigenvalue weighted by Crippen LogP contribution is 2.26.